The normalized spacial score (nSPS) is 20.0. The molecule has 1 aliphatic heterocycles. The van der Waals surface area contributed by atoms with Gasteiger partial charge in [-0.3, -0.25) is 4.90 Å². The van der Waals surface area contributed by atoms with Gasteiger partial charge in [-0.25, -0.2) is 4.98 Å². The molecule has 0 spiro atoms. The lowest BCUT2D eigenvalue weighted by atomic mass is 10.1. The Morgan fingerprint density at radius 2 is 2.35 bits per heavy atom. The van der Waals surface area contributed by atoms with Crippen LogP contribution in [0, 0.1) is 0 Å². The highest BCUT2D eigenvalue weighted by Gasteiger charge is 2.20. The molecule has 2 heterocycles. The van der Waals surface area contributed by atoms with Crippen LogP contribution in [0.3, 0.4) is 0 Å². The Kier molecular flexibility index (Phi) is 6.27. The van der Waals surface area contributed by atoms with E-state index in [-0.39, 0.29) is 0 Å². The fourth-order valence-electron chi connectivity index (χ4n) is 2.74. The zero-order valence-corrected chi connectivity index (χ0v) is 12.8. The molecule has 2 rings (SSSR count). The third-order valence-electron chi connectivity index (χ3n) is 3.69. The van der Waals surface area contributed by atoms with Gasteiger partial charge >= 0.3 is 0 Å². The molecule has 0 bridgehead atoms. The van der Waals surface area contributed by atoms with Crippen molar-refractivity contribution in [1.82, 2.24) is 9.88 Å². The van der Waals surface area contributed by atoms with Crippen LogP contribution in [0.5, 0.6) is 0 Å². The van der Waals surface area contributed by atoms with E-state index in [1.54, 1.807) is 0 Å². The minimum Gasteiger partial charge on any atom is -0.377 e. The lowest BCUT2D eigenvalue weighted by Gasteiger charge is -2.32. The SMILES string of the molecule is CCCNc1ncccc1CN1CCCC(OCC)C1. The Morgan fingerprint density at radius 1 is 1.45 bits per heavy atom. The zero-order chi connectivity index (χ0) is 14.2. The van der Waals surface area contributed by atoms with Gasteiger partial charge in [-0.15, -0.1) is 0 Å². The largest absolute Gasteiger partial charge is 0.377 e. The van der Waals surface area contributed by atoms with E-state index in [1.165, 1.54) is 18.4 Å². The summed E-state index contributed by atoms with van der Waals surface area (Å²) >= 11 is 0. The maximum absolute atomic E-state index is 5.77. The second kappa shape index (κ2) is 8.22. The predicted octanol–water partition coefficient (Wildman–Crippen LogP) is 2.90. The van der Waals surface area contributed by atoms with E-state index < -0.39 is 0 Å². The van der Waals surface area contributed by atoms with Gasteiger partial charge in [0.1, 0.15) is 5.82 Å². The van der Waals surface area contributed by atoms with Crippen LogP contribution in [0.25, 0.3) is 0 Å². The molecule has 1 saturated heterocycles. The van der Waals surface area contributed by atoms with Crippen molar-refractivity contribution in [3.05, 3.63) is 23.9 Å². The first kappa shape index (κ1) is 15.3. The number of nitrogens with zero attached hydrogens (tertiary/aromatic N) is 2. The first-order valence-electron chi connectivity index (χ1n) is 7.85. The fraction of sp³-hybridized carbons (Fsp3) is 0.688. The van der Waals surface area contributed by atoms with Crippen LogP contribution in [0.2, 0.25) is 0 Å². The quantitative estimate of drug-likeness (QED) is 0.831. The molecule has 112 valence electrons. The van der Waals surface area contributed by atoms with Gasteiger partial charge in [0.25, 0.3) is 0 Å². The van der Waals surface area contributed by atoms with Crippen LogP contribution in [0.4, 0.5) is 5.82 Å². The van der Waals surface area contributed by atoms with Crippen molar-refractivity contribution in [1.29, 1.82) is 0 Å². The molecule has 0 amide bonds. The molecule has 1 N–H and O–H groups in total. The molecule has 0 saturated carbocycles. The second-order valence-corrected chi connectivity index (χ2v) is 5.39. The van der Waals surface area contributed by atoms with E-state index in [0.29, 0.717) is 6.10 Å². The average molecular weight is 277 g/mol. The molecule has 1 fully saturated rings. The molecule has 0 aromatic carbocycles. The molecule has 4 heteroatoms. The summed E-state index contributed by atoms with van der Waals surface area (Å²) in [7, 11) is 0. The Morgan fingerprint density at radius 3 is 3.15 bits per heavy atom. The summed E-state index contributed by atoms with van der Waals surface area (Å²) in [5.74, 6) is 1.04. The van der Waals surface area contributed by atoms with Crippen LogP contribution in [-0.4, -0.2) is 42.2 Å². The lowest BCUT2D eigenvalue weighted by molar-refractivity contribution is 0.00366. The van der Waals surface area contributed by atoms with Crippen LogP contribution < -0.4 is 5.32 Å². The van der Waals surface area contributed by atoms with Crippen LogP contribution in [0.15, 0.2) is 18.3 Å². The van der Waals surface area contributed by atoms with E-state index in [2.05, 4.69) is 35.1 Å². The number of rotatable bonds is 7. The molecule has 1 aromatic heterocycles. The van der Waals surface area contributed by atoms with Crippen LogP contribution in [0.1, 0.15) is 38.7 Å². The number of aromatic nitrogens is 1. The maximum Gasteiger partial charge on any atom is 0.130 e. The third kappa shape index (κ3) is 4.46. The van der Waals surface area contributed by atoms with E-state index in [1.807, 2.05) is 12.3 Å². The Bertz CT molecular complexity index is 395. The highest BCUT2D eigenvalue weighted by molar-refractivity contribution is 5.43. The fourth-order valence-corrected chi connectivity index (χ4v) is 2.74. The summed E-state index contributed by atoms with van der Waals surface area (Å²) in [6.07, 6.45) is 5.80. The number of likely N-dealkylation sites (tertiary alicyclic amines) is 1. The molecule has 1 unspecified atom stereocenters. The standard InChI is InChI=1S/C16H27N3O/c1-3-9-17-16-14(7-5-10-18-16)12-19-11-6-8-15(13-19)20-4-2/h5,7,10,15H,3-4,6,8-9,11-13H2,1-2H3,(H,17,18). The average Bonchev–Trinajstić information content (AvgIpc) is 2.47. The Balaban J connectivity index is 1.94. The number of ether oxygens (including phenoxy) is 1. The number of pyridine rings is 1. The van der Waals surface area contributed by atoms with Gasteiger partial charge in [0.15, 0.2) is 0 Å². The predicted molar refractivity (Wildman–Crippen MR) is 82.9 cm³/mol. The summed E-state index contributed by atoms with van der Waals surface area (Å²) < 4.78 is 5.77. The molecular formula is C16H27N3O. The monoisotopic (exact) mass is 277 g/mol. The van der Waals surface area contributed by atoms with Crippen molar-refractivity contribution in [3.8, 4) is 0 Å². The summed E-state index contributed by atoms with van der Waals surface area (Å²) in [4.78, 5) is 6.95. The summed E-state index contributed by atoms with van der Waals surface area (Å²) in [6.45, 7) is 9.20. The number of hydrogen-bond acceptors (Lipinski definition) is 4. The van der Waals surface area contributed by atoms with Crippen LogP contribution in [-0.2, 0) is 11.3 Å². The molecule has 20 heavy (non-hydrogen) atoms. The summed E-state index contributed by atoms with van der Waals surface area (Å²) in [5, 5.41) is 3.42. The molecular weight excluding hydrogens is 250 g/mol. The van der Waals surface area contributed by atoms with Gasteiger partial charge in [0, 0.05) is 38.0 Å². The highest BCUT2D eigenvalue weighted by Crippen LogP contribution is 2.19. The van der Waals surface area contributed by atoms with Crippen molar-refractivity contribution in [2.45, 2.75) is 45.8 Å². The van der Waals surface area contributed by atoms with Crippen molar-refractivity contribution in [2.75, 3.05) is 31.6 Å². The topological polar surface area (TPSA) is 37.4 Å². The first-order chi connectivity index (χ1) is 9.83. The van der Waals surface area contributed by atoms with E-state index in [9.17, 15) is 0 Å². The van der Waals surface area contributed by atoms with Gasteiger partial charge in [0.2, 0.25) is 0 Å². The van der Waals surface area contributed by atoms with Gasteiger partial charge in [-0.05, 0) is 38.8 Å². The van der Waals surface area contributed by atoms with Crippen molar-refractivity contribution >= 4 is 5.82 Å². The minimum atomic E-state index is 0.400. The molecule has 1 atom stereocenters. The third-order valence-corrected chi connectivity index (χ3v) is 3.69. The smallest absolute Gasteiger partial charge is 0.130 e. The van der Waals surface area contributed by atoms with Gasteiger partial charge in [-0.1, -0.05) is 13.0 Å². The number of piperidine rings is 1. The van der Waals surface area contributed by atoms with E-state index in [0.717, 1.165) is 45.0 Å². The van der Waals surface area contributed by atoms with Gasteiger partial charge in [-0.2, -0.15) is 0 Å². The second-order valence-electron chi connectivity index (χ2n) is 5.39. The first-order valence-corrected chi connectivity index (χ1v) is 7.85. The number of hydrogen-bond donors (Lipinski definition) is 1. The summed E-state index contributed by atoms with van der Waals surface area (Å²) in [6, 6.07) is 4.20. The Hall–Kier alpha value is -1.13. The summed E-state index contributed by atoms with van der Waals surface area (Å²) in [5.41, 5.74) is 1.29. The molecule has 1 aromatic rings. The minimum absolute atomic E-state index is 0.400. The van der Waals surface area contributed by atoms with Crippen molar-refractivity contribution < 1.29 is 4.74 Å². The van der Waals surface area contributed by atoms with Crippen molar-refractivity contribution in [3.63, 3.8) is 0 Å². The van der Waals surface area contributed by atoms with Crippen molar-refractivity contribution in [2.24, 2.45) is 0 Å². The highest BCUT2D eigenvalue weighted by atomic mass is 16.5. The van der Waals surface area contributed by atoms with Gasteiger partial charge in [0.05, 0.1) is 6.10 Å². The molecule has 0 aliphatic carbocycles. The Labute approximate surface area is 122 Å². The van der Waals surface area contributed by atoms with Gasteiger partial charge < -0.3 is 10.1 Å². The molecule has 0 radical (unpaired) electrons. The van der Waals surface area contributed by atoms with E-state index in [4.69, 9.17) is 4.74 Å². The molecule has 4 nitrogen and oxygen atoms in total. The molecule has 1 aliphatic rings. The number of anilines is 1. The zero-order valence-electron chi connectivity index (χ0n) is 12.8. The van der Waals surface area contributed by atoms with E-state index >= 15 is 0 Å². The van der Waals surface area contributed by atoms with Crippen LogP contribution >= 0.6 is 0 Å². The number of nitrogens with one attached hydrogen (secondary N) is 1. The maximum atomic E-state index is 5.77. The lowest BCUT2D eigenvalue weighted by Crippen LogP contribution is -2.39.